The molecular weight excluding hydrogens is 619 g/mol. The van der Waals surface area contributed by atoms with Crippen molar-refractivity contribution < 1.29 is 22.8 Å². The number of nitrogens with zero attached hydrogens (tertiary/aromatic N) is 2. The second kappa shape index (κ2) is 12.1. The fraction of sp³-hybridized carbons (Fsp3) is 0.414. The Labute approximate surface area is 259 Å². The van der Waals surface area contributed by atoms with Gasteiger partial charge in [-0.1, -0.05) is 68.2 Å². The number of sulfonamides is 1. The fourth-order valence-electron chi connectivity index (χ4n) is 5.79. The Kier molecular flexibility index (Phi) is 8.87. The van der Waals surface area contributed by atoms with E-state index in [2.05, 4.69) is 10.0 Å². The topological polar surface area (TPSA) is 116 Å². The maximum absolute atomic E-state index is 13.7. The number of benzene rings is 2. The molecule has 224 valence electrons. The molecule has 2 aliphatic rings. The van der Waals surface area contributed by atoms with E-state index < -0.39 is 22.6 Å². The Balaban J connectivity index is 1.23. The largest absolute Gasteiger partial charge is 0.340 e. The Morgan fingerprint density at radius 1 is 1.05 bits per heavy atom. The van der Waals surface area contributed by atoms with Gasteiger partial charge in [-0.15, -0.1) is 11.3 Å². The number of nitrogens with one attached hydrogen (secondary N) is 2. The molecule has 2 aromatic carbocycles. The van der Waals surface area contributed by atoms with Crippen molar-refractivity contribution in [2.24, 2.45) is 11.8 Å². The van der Waals surface area contributed by atoms with Gasteiger partial charge in [0.15, 0.2) is 0 Å². The zero-order valence-electron chi connectivity index (χ0n) is 23.3. The SMILES string of the molecule is CC(C)CC(NC(=O)c1cc2ccccc2s1)C(=O)N1C[C@@H]2C1[C@@H](C)CN2C(=O)CNS(=O)(=O)c1cccc(Cl)c1Cl. The molecule has 2 saturated heterocycles. The molecular formula is C29H32Cl2N4O5S2. The van der Waals surface area contributed by atoms with Crippen LogP contribution in [0, 0.1) is 11.8 Å². The Morgan fingerprint density at radius 3 is 2.50 bits per heavy atom. The van der Waals surface area contributed by atoms with Gasteiger partial charge in [0.05, 0.1) is 33.6 Å². The number of carbonyl (C=O) groups excluding carboxylic acids is 3. The number of hydrogen-bond donors (Lipinski definition) is 2. The average molecular weight is 652 g/mol. The van der Waals surface area contributed by atoms with Gasteiger partial charge in [0.25, 0.3) is 5.91 Å². The summed E-state index contributed by atoms with van der Waals surface area (Å²) in [7, 11) is -4.07. The lowest BCUT2D eigenvalue weighted by Crippen LogP contribution is -2.68. The van der Waals surface area contributed by atoms with Crippen LogP contribution in [0.1, 0.15) is 36.9 Å². The summed E-state index contributed by atoms with van der Waals surface area (Å²) in [5.41, 5.74) is 0. The van der Waals surface area contributed by atoms with Gasteiger partial charge in [0.1, 0.15) is 10.9 Å². The lowest BCUT2D eigenvalue weighted by atomic mass is 9.88. The van der Waals surface area contributed by atoms with E-state index in [1.807, 2.05) is 51.1 Å². The Bertz CT molecular complexity index is 1610. The molecule has 3 amide bonds. The third-order valence-electron chi connectivity index (χ3n) is 7.79. The van der Waals surface area contributed by atoms with Gasteiger partial charge in [0.2, 0.25) is 21.8 Å². The molecule has 1 aromatic heterocycles. The number of rotatable bonds is 9. The number of carbonyl (C=O) groups is 3. The molecule has 42 heavy (non-hydrogen) atoms. The van der Waals surface area contributed by atoms with Crippen molar-refractivity contribution in [3.8, 4) is 0 Å². The molecule has 0 radical (unpaired) electrons. The van der Waals surface area contributed by atoms with Crippen LogP contribution in [-0.2, 0) is 19.6 Å². The highest BCUT2D eigenvalue weighted by atomic mass is 35.5. The van der Waals surface area contributed by atoms with Crippen LogP contribution in [0.15, 0.2) is 53.4 Å². The average Bonchev–Trinajstić information content (AvgIpc) is 3.46. The standard InChI is InChI=1S/C29H32Cl2N4O5S2/c1-16(2)11-20(33-28(37)23-12-18-7-4-5-9-22(18)41-23)29(38)35-15-21-27(35)17(3)14-34(21)25(36)13-32-42(39,40)24-10-6-8-19(30)26(24)31/h4-10,12,16-17,20-21,27,32H,11,13-15H2,1-3H3,(H,33,37)/t17-,20?,21+,27?/m0/s1. The second-order valence-electron chi connectivity index (χ2n) is 11.3. The summed E-state index contributed by atoms with van der Waals surface area (Å²) in [5.74, 6) is -0.695. The molecule has 2 unspecified atom stereocenters. The maximum atomic E-state index is 13.7. The summed E-state index contributed by atoms with van der Waals surface area (Å²) in [4.78, 5) is 43.8. The lowest BCUT2D eigenvalue weighted by Gasteiger charge is -2.49. The van der Waals surface area contributed by atoms with Crippen molar-refractivity contribution in [2.45, 2.75) is 50.2 Å². The van der Waals surface area contributed by atoms with Crippen LogP contribution < -0.4 is 10.0 Å². The molecule has 0 aliphatic carbocycles. The van der Waals surface area contributed by atoms with E-state index in [1.54, 1.807) is 9.80 Å². The van der Waals surface area contributed by atoms with Crippen LogP contribution in [0.25, 0.3) is 10.1 Å². The summed E-state index contributed by atoms with van der Waals surface area (Å²) in [6.07, 6.45) is 0.480. The molecule has 5 rings (SSSR count). The molecule has 9 nitrogen and oxygen atoms in total. The smallest absolute Gasteiger partial charge is 0.262 e. The van der Waals surface area contributed by atoms with Gasteiger partial charge in [0, 0.05) is 17.8 Å². The molecule has 0 saturated carbocycles. The number of fused-ring (bicyclic) bond motifs is 2. The predicted octanol–water partition coefficient (Wildman–Crippen LogP) is 4.39. The Morgan fingerprint density at radius 2 is 1.79 bits per heavy atom. The molecule has 0 bridgehead atoms. The zero-order chi connectivity index (χ0) is 30.3. The zero-order valence-corrected chi connectivity index (χ0v) is 26.5. The fourth-order valence-corrected chi connectivity index (χ4v) is 8.49. The molecule has 2 aliphatic heterocycles. The van der Waals surface area contributed by atoms with E-state index in [4.69, 9.17) is 23.2 Å². The number of halogens is 2. The van der Waals surface area contributed by atoms with Crippen LogP contribution >= 0.6 is 34.5 Å². The van der Waals surface area contributed by atoms with Crippen LogP contribution in [0.3, 0.4) is 0 Å². The molecule has 13 heteroatoms. The van der Waals surface area contributed by atoms with E-state index in [0.29, 0.717) is 24.4 Å². The van der Waals surface area contributed by atoms with Gasteiger partial charge < -0.3 is 15.1 Å². The first-order chi connectivity index (χ1) is 19.9. The monoisotopic (exact) mass is 650 g/mol. The summed E-state index contributed by atoms with van der Waals surface area (Å²) in [6.45, 7) is 6.23. The number of likely N-dealkylation sites (tertiary alicyclic amines) is 2. The van der Waals surface area contributed by atoms with Crippen LogP contribution in [0.5, 0.6) is 0 Å². The van der Waals surface area contributed by atoms with Gasteiger partial charge >= 0.3 is 0 Å². The predicted molar refractivity (Wildman–Crippen MR) is 164 cm³/mol. The molecule has 0 spiro atoms. The highest BCUT2D eigenvalue weighted by molar-refractivity contribution is 7.89. The first kappa shape index (κ1) is 30.7. The lowest BCUT2D eigenvalue weighted by molar-refractivity contribution is -0.149. The van der Waals surface area contributed by atoms with E-state index in [1.165, 1.54) is 29.5 Å². The number of thiophene rings is 1. The van der Waals surface area contributed by atoms with Crippen LogP contribution in [-0.4, -0.2) is 73.7 Å². The van der Waals surface area contributed by atoms with Crippen LogP contribution in [0.4, 0.5) is 0 Å². The summed E-state index contributed by atoms with van der Waals surface area (Å²) in [5, 5.41) is 3.93. The highest BCUT2D eigenvalue weighted by Crippen LogP contribution is 2.37. The summed E-state index contributed by atoms with van der Waals surface area (Å²) >= 11 is 13.4. The third-order valence-corrected chi connectivity index (χ3v) is 11.3. The molecule has 3 aromatic rings. The van der Waals surface area contributed by atoms with Gasteiger partial charge in [-0.2, -0.15) is 0 Å². The van der Waals surface area contributed by atoms with Crippen molar-refractivity contribution in [1.82, 2.24) is 19.8 Å². The van der Waals surface area contributed by atoms with Gasteiger partial charge in [-0.05, 0) is 47.9 Å². The molecule has 4 atom stereocenters. The van der Waals surface area contributed by atoms with Crippen LogP contribution in [0.2, 0.25) is 10.0 Å². The summed E-state index contributed by atoms with van der Waals surface area (Å²) in [6, 6.07) is 12.7. The number of amides is 3. The van der Waals surface area contributed by atoms with E-state index in [9.17, 15) is 22.8 Å². The van der Waals surface area contributed by atoms with Crippen molar-refractivity contribution in [3.05, 3.63) is 63.5 Å². The molecule has 2 N–H and O–H groups in total. The summed E-state index contributed by atoms with van der Waals surface area (Å²) < 4.78 is 28.9. The van der Waals surface area contributed by atoms with Crippen molar-refractivity contribution in [3.63, 3.8) is 0 Å². The first-order valence-electron chi connectivity index (χ1n) is 13.7. The quantitative estimate of drug-likeness (QED) is 0.356. The van der Waals surface area contributed by atoms with Crippen molar-refractivity contribution in [1.29, 1.82) is 0 Å². The van der Waals surface area contributed by atoms with Gasteiger partial charge in [-0.25, -0.2) is 13.1 Å². The van der Waals surface area contributed by atoms with E-state index >= 15 is 0 Å². The maximum Gasteiger partial charge on any atom is 0.262 e. The third kappa shape index (κ3) is 6.03. The van der Waals surface area contributed by atoms with E-state index in [0.717, 1.165) is 10.1 Å². The first-order valence-corrected chi connectivity index (χ1v) is 16.8. The van der Waals surface area contributed by atoms with Crippen molar-refractivity contribution >= 4 is 72.4 Å². The van der Waals surface area contributed by atoms with E-state index in [-0.39, 0.29) is 56.6 Å². The van der Waals surface area contributed by atoms with Crippen molar-refractivity contribution in [2.75, 3.05) is 19.6 Å². The second-order valence-corrected chi connectivity index (χ2v) is 14.9. The molecule has 2 fully saturated rings. The number of hydrogen-bond acceptors (Lipinski definition) is 6. The normalized spacial score (nSPS) is 20.9. The molecule has 3 heterocycles. The minimum Gasteiger partial charge on any atom is -0.340 e. The van der Waals surface area contributed by atoms with Gasteiger partial charge in [-0.3, -0.25) is 14.4 Å². The highest BCUT2D eigenvalue weighted by Gasteiger charge is 2.55. The minimum atomic E-state index is -4.07. The minimum absolute atomic E-state index is 0.0198. The Hall–Kier alpha value is -2.70.